The maximum absolute atomic E-state index is 11.3. The van der Waals surface area contributed by atoms with E-state index in [1.807, 2.05) is 0 Å². The van der Waals surface area contributed by atoms with Crippen LogP contribution in [0.15, 0.2) is 24.3 Å². The van der Waals surface area contributed by atoms with Crippen LogP contribution in [0.5, 0.6) is 0 Å². The molecule has 0 N–H and O–H groups in total. The molecular formula is C9H8O2. The van der Waals surface area contributed by atoms with E-state index in [9.17, 15) is 9.59 Å². The first-order valence-electron chi connectivity index (χ1n) is 3.68. The molecule has 0 fully saturated rings. The first kappa shape index (κ1) is 6.53. The molecule has 2 aliphatic carbocycles. The van der Waals surface area contributed by atoms with Gasteiger partial charge in [-0.2, -0.15) is 0 Å². The molecule has 2 heteroatoms. The Balaban J connectivity index is 2.48. The Morgan fingerprint density at radius 3 is 1.73 bits per heavy atom. The second kappa shape index (κ2) is 1.91. The van der Waals surface area contributed by atoms with Crippen molar-refractivity contribution in [2.24, 2.45) is 5.41 Å². The highest BCUT2D eigenvalue weighted by Crippen LogP contribution is 2.36. The first-order valence-corrected chi connectivity index (χ1v) is 3.68. The fourth-order valence-corrected chi connectivity index (χ4v) is 1.62. The zero-order valence-corrected chi connectivity index (χ0v) is 6.04. The van der Waals surface area contributed by atoms with Crippen molar-refractivity contribution in [1.82, 2.24) is 0 Å². The van der Waals surface area contributed by atoms with E-state index in [0.29, 0.717) is 12.8 Å². The quantitative estimate of drug-likeness (QED) is 0.380. The van der Waals surface area contributed by atoms with Gasteiger partial charge in [0.1, 0.15) is 5.41 Å². The minimum absolute atomic E-state index is 0.0243. The Kier molecular flexibility index (Phi) is 1.13. The molecule has 0 bridgehead atoms. The Hall–Kier alpha value is -1.18. The molecule has 2 nitrogen and oxygen atoms in total. The summed E-state index contributed by atoms with van der Waals surface area (Å²) in [4.78, 5) is 22.5. The SMILES string of the molecule is O=C1CC=CC12C=CCC2=O. The molecule has 0 atom stereocenters. The molecule has 0 amide bonds. The topological polar surface area (TPSA) is 34.1 Å². The Labute approximate surface area is 64.6 Å². The molecule has 0 aromatic rings. The monoisotopic (exact) mass is 148 g/mol. The predicted molar refractivity (Wildman–Crippen MR) is 40.0 cm³/mol. The second-order valence-electron chi connectivity index (χ2n) is 2.93. The minimum Gasteiger partial charge on any atom is -0.298 e. The summed E-state index contributed by atoms with van der Waals surface area (Å²) in [5.74, 6) is 0.0486. The number of rotatable bonds is 0. The van der Waals surface area contributed by atoms with E-state index in [0.717, 1.165) is 0 Å². The number of Topliss-reactive ketones (excluding diaryl/α,β-unsaturated/α-hetero) is 2. The van der Waals surface area contributed by atoms with Crippen LogP contribution in [0.3, 0.4) is 0 Å². The van der Waals surface area contributed by atoms with E-state index in [2.05, 4.69) is 0 Å². The molecule has 2 aliphatic rings. The summed E-state index contributed by atoms with van der Waals surface area (Å²) in [6.45, 7) is 0. The van der Waals surface area contributed by atoms with E-state index < -0.39 is 5.41 Å². The number of allylic oxidation sites excluding steroid dienone is 4. The fraction of sp³-hybridized carbons (Fsp3) is 0.333. The number of hydrogen-bond acceptors (Lipinski definition) is 2. The summed E-state index contributed by atoms with van der Waals surface area (Å²) in [6, 6.07) is 0. The number of carbonyl (C=O) groups excluding carboxylic acids is 2. The van der Waals surface area contributed by atoms with Gasteiger partial charge in [-0.3, -0.25) is 9.59 Å². The molecule has 1 spiro atoms. The summed E-state index contributed by atoms with van der Waals surface area (Å²) in [5, 5.41) is 0. The van der Waals surface area contributed by atoms with Crippen molar-refractivity contribution in [2.45, 2.75) is 12.8 Å². The molecule has 11 heavy (non-hydrogen) atoms. The second-order valence-corrected chi connectivity index (χ2v) is 2.93. The molecule has 0 heterocycles. The molecule has 0 saturated carbocycles. The molecule has 2 rings (SSSR count). The van der Waals surface area contributed by atoms with E-state index in [-0.39, 0.29) is 11.6 Å². The molecular weight excluding hydrogens is 140 g/mol. The maximum atomic E-state index is 11.3. The van der Waals surface area contributed by atoms with Crippen LogP contribution in [0.2, 0.25) is 0 Å². The number of carbonyl (C=O) groups is 2. The van der Waals surface area contributed by atoms with E-state index in [1.165, 1.54) is 0 Å². The van der Waals surface area contributed by atoms with Crippen LogP contribution >= 0.6 is 0 Å². The molecule has 0 aromatic carbocycles. The van der Waals surface area contributed by atoms with Crippen LogP contribution in [-0.4, -0.2) is 11.6 Å². The van der Waals surface area contributed by atoms with Gasteiger partial charge in [0, 0.05) is 12.8 Å². The lowest BCUT2D eigenvalue weighted by molar-refractivity contribution is -0.132. The highest BCUT2D eigenvalue weighted by atomic mass is 16.2. The van der Waals surface area contributed by atoms with Crippen molar-refractivity contribution in [2.75, 3.05) is 0 Å². The predicted octanol–water partition coefficient (Wildman–Crippen LogP) is 1.03. The van der Waals surface area contributed by atoms with Crippen LogP contribution in [0.1, 0.15) is 12.8 Å². The highest BCUT2D eigenvalue weighted by molar-refractivity contribution is 6.15. The lowest BCUT2D eigenvalue weighted by atomic mass is 9.85. The Morgan fingerprint density at radius 1 is 1.00 bits per heavy atom. The average molecular weight is 148 g/mol. The van der Waals surface area contributed by atoms with Gasteiger partial charge in [-0.1, -0.05) is 24.3 Å². The third kappa shape index (κ3) is 0.666. The molecule has 0 unspecified atom stereocenters. The summed E-state index contributed by atoms with van der Waals surface area (Å²) in [6.07, 6.45) is 7.82. The van der Waals surface area contributed by atoms with Crippen molar-refractivity contribution in [3.63, 3.8) is 0 Å². The zero-order chi connectivity index (χ0) is 7.90. The van der Waals surface area contributed by atoms with Gasteiger partial charge >= 0.3 is 0 Å². The smallest absolute Gasteiger partial charge is 0.157 e. The average Bonchev–Trinajstić information content (AvgIpc) is 2.48. The highest BCUT2D eigenvalue weighted by Gasteiger charge is 2.44. The first-order chi connectivity index (χ1) is 5.26. The van der Waals surface area contributed by atoms with E-state index in [1.54, 1.807) is 24.3 Å². The van der Waals surface area contributed by atoms with Gasteiger partial charge in [-0.25, -0.2) is 0 Å². The van der Waals surface area contributed by atoms with Gasteiger partial charge in [0.05, 0.1) is 0 Å². The lowest BCUT2D eigenvalue weighted by Crippen LogP contribution is -2.29. The Morgan fingerprint density at radius 2 is 1.45 bits per heavy atom. The largest absolute Gasteiger partial charge is 0.298 e. The zero-order valence-electron chi connectivity index (χ0n) is 6.04. The van der Waals surface area contributed by atoms with Crippen molar-refractivity contribution in [1.29, 1.82) is 0 Å². The third-order valence-electron chi connectivity index (χ3n) is 2.29. The van der Waals surface area contributed by atoms with Crippen molar-refractivity contribution >= 4 is 11.6 Å². The van der Waals surface area contributed by atoms with Gasteiger partial charge in [0.25, 0.3) is 0 Å². The van der Waals surface area contributed by atoms with Crippen molar-refractivity contribution < 1.29 is 9.59 Å². The molecule has 56 valence electrons. The van der Waals surface area contributed by atoms with Gasteiger partial charge in [-0.05, 0) is 0 Å². The minimum atomic E-state index is -0.833. The third-order valence-corrected chi connectivity index (χ3v) is 2.29. The van der Waals surface area contributed by atoms with Gasteiger partial charge in [0.2, 0.25) is 0 Å². The van der Waals surface area contributed by atoms with E-state index >= 15 is 0 Å². The summed E-state index contributed by atoms with van der Waals surface area (Å²) in [5.41, 5.74) is -0.833. The Bertz CT molecular complexity index is 254. The van der Waals surface area contributed by atoms with Crippen LogP contribution < -0.4 is 0 Å². The number of ketones is 2. The van der Waals surface area contributed by atoms with Crippen molar-refractivity contribution in [3.8, 4) is 0 Å². The molecule has 0 radical (unpaired) electrons. The molecule has 0 saturated heterocycles. The summed E-state index contributed by atoms with van der Waals surface area (Å²) >= 11 is 0. The van der Waals surface area contributed by atoms with Crippen LogP contribution in [0.4, 0.5) is 0 Å². The lowest BCUT2D eigenvalue weighted by Gasteiger charge is -2.13. The fourth-order valence-electron chi connectivity index (χ4n) is 1.62. The van der Waals surface area contributed by atoms with Crippen LogP contribution in [0, 0.1) is 5.41 Å². The van der Waals surface area contributed by atoms with Gasteiger partial charge in [-0.15, -0.1) is 0 Å². The standard InChI is InChI=1S/C9H8O2/c10-7-3-1-5-9(7)6-2-4-8(9)11/h1-2,5-6H,3-4H2. The molecule has 0 aliphatic heterocycles. The summed E-state index contributed by atoms with van der Waals surface area (Å²) in [7, 11) is 0. The normalized spacial score (nSPS) is 25.8. The molecule has 0 aromatic heterocycles. The number of hydrogen-bond donors (Lipinski definition) is 0. The van der Waals surface area contributed by atoms with E-state index in [4.69, 9.17) is 0 Å². The summed E-state index contributed by atoms with van der Waals surface area (Å²) < 4.78 is 0. The maximum Gasteiger partial charge on any atom is 0.157 e. The van der Waals surface area contributed by atoms with Gasteiger partial charge in [0.15, 0.2) is 11.6 Å². The van der Waals surface area contributed by atoms with Crippen molar-refractivity contribution in [3.05, 3.63) is 24.3 Å². The van der Waals surface area contributed by atoms with Crippen LogP contribution in [-0.2, 0) is 9.59 Å². The van der Waals surface area contributed by atoms with Crippen LogP contribution in [0.25, 0.3) is 0 Å². The van der Waals surface area contributed by atoms with Gasteiger partial charge < -0.3 is 0 Å².